The van der Waals surface area contributed by atoms with Gasteiger partial charge >= 0.3 is 5.97 Å². The van der Waals surface area contributed by atoms with Gasteiger partial charge in [0.05, 0.1) is 16.9 Å². The average Bonchev–Trinajstić information content (AvgIpc) is 2.45. The second-order valence-corrected chi connectivity index (χ2v) is 4.76. The molecule has 0 amide bonds. The lowest BCUT2D eigenvalue weighted by Gasteiger charge is -2.25. The molecule has 0 heterocycles. The number of carboxylic acids is 1. The fraction of sp³-hybridized carbons (Fsp3) is 0.188. The Hall–Kier alpha value is -2.69. The summed E-state index contributed by atoms with van der Waals surface area (Å²) in [5, 5.41) is 18.5. The van der Waals surface area contributed by atoms with Crippen LogP contribution in [-0.4, -0.2) is 22.7 Å². The Bertz CT molecular complexity index is 656. The first-order valence-electron chi connectivity index (χ1n) is 6.67. The minimum Gasteiger partial charge on any atom is -0.508 e. The van der Waals surface area contributed by atoms with Crippen molar-refractivity contribution >= 4 is 17.3 Å². The second-order valence-electron chi connectivity index (χ2n) is 4.76. The number of hydrogen-bond acceptors (Lipinski definition) is 4. The zero-order valence-corrected chi connectivity index (χ0v) is 11.8. The van der Waals surface area contributed by atoms with Gasteiger partial charge in [-0.2, -0.15) is 0 Å². The van der Waals surface area contributed by atoms with Gasteiger partial charge < -0.3 is 20.8 Å². The normalized spacial score (nSPS) is 10.3. The number of anilines is 2. The second kappa shape index (κ2) is 6.17. The van der Waals surface area contributed by atoms with Crippen LogP contribution in [0.2, 0.25) is 0 Å². The Labute approximate surface area is 123 Å². The molecule has 0 aromatic heterocycles. The lowest BCUT2D eigenvalue weighted by atomic mass is 10.1. The monoisotopic (exact) mass is 286 g/mol. The van der Waals surface area contributed by atoms with Gasteiger partial charge in [0.25, 0.3) is 0 Å². The van der Waals surface area contributed by atoms with Crippen LogP contribution >= 0.6 is 0 Å². The molecule has 4 N–H and O–H groups in total. The summed E-state index contributed by atoms with van der Waals surface area (Å²) >= 11 is 0. The summed E-state index contributed by atoms with van der Waals surface area (Å²) in [7, 11) is 0. The van der Waals surface area contributed by atoms with Crippen molar-refractivity contribution in [1.82, 2.24) is 0 Å². The highest BCUT2D eigenvalue weighted by molar-refractivity contribution is 5.90. The molecule has 0 radical (unpaired) electrons. The number of hydrogen-bond donors (Lipinski definition) is 3. The van der Waals surface area contributed by atoms with Gasteiger partial charge in [-0.25, -0.2) is 4.79 Å². The van der Waals surface area contributed by atoms with Gasteiger partial charge in [0.15, 0.2) is 0 Å². The van der Waals surface area contributed by atoms with Crippen LogP contribution in [0.4, 0.5) is 11.4 Å². The minimum atomic E-state index is -0.996. The van der Waals surface area contributed by atoms with Crippen LogP contribution in [-0.2, 0) is 6.54 Å². The first-order chi connectivity index (χ1) is 10.0. The van der Waals surface area contributed by atoms with Crippen molar-refractivity contribution in [1.29, 1.82) is 0 Å². The SMILES string of the molecule is CCN(Cc1cccc(O)c1)c1ccc(C(=O)O)cc1N. The maximum absolute atomic E-state index is 10.9. The van der Waals surface area contributed by atoms with Crippen molar-refractivity contribution in [2.75, 3.05) is 17.2 Å². The van der Waals surface area contributed by atoms with Crippen LogP contribution in [0.15, 0.2) is 42.5 Å². The van der Waals surface area contributed by atoms with E-state index >= 15 is 0 Å². The summed E-state index contributed by atoms with van der Waals surface area (Å²) in [6.45, 7) is 3.29. The van der Waals surface area contributed by atoms with Crippen molar-refractivity contribution in [3.63, 3.8) is 0 Å². The average molecular weight is 286 g/mol. The smallest absolute Gasteiger partial charge is 0.335 e. The predicted octanol–water partition coefficient (Wildman–Crippen LogP) is 2.70. The summed E-state index contributed by atoms with van der Waals surface area (Å²) in [6.07, 6.45) is 0. The molecule has 0 unspecified atom stereocenters. The molecule has 0 atom stereocenters. The van der Waals surface area contributed by atoms with Gasteiger partial charge in [0.2, 0.25) is 0 Å². The van der Waals surface area contributed by atoms with Crippen LogP contribution in [0.5, 0.6) is 5.75 Å². The van der Waals surface area contributed by atoms with E-state index in [-0.39, 0.29) is 11.3 Å². The van der Waals surface area contributed by atoms with E-state index in [2.05, 4.69) is 0 Å². The number of benzene rings is 2. The fourth-order valence-electron chi connectivity index (χ4n) is 2.22. The summed E-state index contributed by atoms with van der Waals surface area (Å²) in [5.41, 5.74) is 8.30. The van der Waals surface area contributed by atoms with Crippen LogP contribution in [0.1, 0.15) is 22.8 Å². The van der Waals surface area contributed by atoms with E-state index in [0.717, 1.165) is 11.3 Å². The van der Waals surface area contributed by atoms with Crippen LogP contribution < -0.4 is 10.6 Å². The molecule has 2 rings (SSSR count). The summed E-state index contributed by atoms with van der Waals surface area (Å²) in [5.74, 6) is -0.776. The van der Waals surface area contributed by atoms with E-state index < -0.39 is 5.97 Å². The third kappa shape index (κ3) is 3.45. The predicted molar refractivity (Wildman–Crippen MR) is 82.6 cm³/mol. The molecule has 0 fully saturated rings. The standard InChI is InChI=1S/C16H18N2O3/c1-2-18(10-11-4-3-5-13(19)8-11)15-7-6-12(16(20)21)9-14(15)17/h3-9,19H,2,10,17H2,1H3,(H,20,21). The van der Waals surface area contributed by atoms with Crippen molar-refractivity contribution < 1.29 is 15.0 Å². The maximum atomic E-state index is 10.9. The lowest BCUT2D eigenvalue weighted by molar-refractivity contribution is 0.0697. The highest BCUT2D eigenvalue weighted by Crippen LogP contribution is 2.26. The number of nitrogens with two attached hydrogens (primary N) is 1. The van der Waals surface area contributed by atoms with Crippen molar-refractivity contribution in [3.05, 3.63) is 53.6 Å². The molecular weight excluding hydrogens is 268 g/mol. The summed E-state index contributed by atoms with van der Waals surface area (Å²) in [4.78, 5) is 13.0. The number of phenolic OH excluding ortho intramolecular Hbond substituents is 1. The molecule has 0 saturated carbocycles. The largest absolute Gasteiger partial charge is 0.508 e. The summed E-state index contributed by atoms with van der Waals surface area (Å²) in [6, 6.07) is 11.7. The number of rotatable bonds is 5. The van der Waals surface area contributed by atoms with Gasteiger partial charge in [0.1, 0.15) is 5.75 Å². The number of carboxylic acid groups (broad SMARTS) is 1. The zero-order chi connectivity index (χ0) is 15.4. The van der Waals surface area contributed by atoms with Crippen LogP contribution in [0.25, 0.3) is 0 Å². The van der Waals surface area contributed by atoms with E-state index in [4.69, 9.17) is 10.8 Å². The van der Waals surface area contributed by atoms with Gasteiger partial charge in [-0.15, -0.1) is 0 Å². The Kier molecular flexibility index (Phi) is 4.33. The van der Waals surface area contributed by atoms with Gasteiger partial charge in [-0.1, -0.05) is 12.1 Å². The third-order valence-electron chi connectivity index (χ3n) is 3.28. The first kappa shape index (κ1) is 14.7. The van der Waals surface area contributed by atoms with E-state index in [0.29, 0.717) is 18.8 Å². The summed E-state index contributed by atoms with van der Waals surface area (Å²) < 4.78 is 0. The third-order valence-corrected chi connectivity index (χ3v) is 3.28. The van der Waals surface area contributed by atoms with Gasteiger partial charge in [0, 0.05) is 13.1 Å². The molecule has 2 aromatic carbocycles. The molecule has 21 heavy (non-hydrogen) atoms. The molecule has 5 nitrogen and oxygen atoms in total. The molecule has 0 aliphatic rings. The quantitative estimate of drug-likeness (QED) is 0.736. The molecule has 110 valence electrons. The highest BCUT2D eigenvalue weighted by atomic mass is 16.4. The number of aromatic hydroxyl groups is 1. The lowest BCUT2D eigenvalue weighted by Crippen LogP contribution is -2.23. The number of aromatic carboxylic acids is 1. The van der Waals surface area contributed by atoms with Crippen molar-refractivity contribution in [3.8, 4) is 5.75 Å². The van der Waals surface area contributed by atoms with Crippen LogP contribution in [0.3, 0.4) is 0 Å². The number of carbonyl (C=O) groups is 1. The van der Waals surface area contributed by atoms with E-state index in [1.165, 1.54) is 6.07 Å². The Balaban J connectivity index is 2.27. The molecule has 2 aromatic rings. The first-order valence-corrected chi connectivity index (χ1v) is 6.67. The minimum absolute atomic E-state index is 0.171. The van der Waals surface area contributed by atoms with Crippen molar-refractivity contribution in [2.24, 2.45) is 0 Å². The molecule has 0 aliphatic carbocycles. The van der Waals surface area contributed by atoms with Crippen molar-refractivity contribution in [2.45, 2.75) is 13.5 Å². The number of nitrogens with zero attached hydrogens (tertiary/aromatic N) is 1. The molecule has 0 saturated heterocycles. The molecule has 0 bridgehead atoms. The van der Waals surface area contributed by atoms with Crippen LogP contribution in [0, 0.1) is 0 Å². The van der Waals surface area contributed by atoms with E-state index in [9.17, 15) is 9.90 Å². The molecular formula is C16H18N2O3. The Morgan fingerprint density at radius 2 is 2.00 bits per heavy atom. The molecule has 0 spiro atoms. The Morgan fingerprint density at radius 1 is 1.24 bits per heavy atom. The Morgan fingerprint density at radius 3 is 2.57 bits per heavy atom. The van der Waals surface area contributed by atoms with Gasteiger partial charge in [-0.3, -0.25) is 0 Å². The highest BCUT2D eigenvalue weighted by Gasteiger charge is 2.12. The molecule has 5 heteroatoms. The topological polar surface area (TPSA) is 86.8 Å². The zero-order valence-electron chi connectivity index (χ0n) is 11.8. The maximum Gasteiger partial charge on any atom is 0.335 e. The van der Waals surface area contributed by atoms with E-state index in [1.807, 2.05) is 17.9 Å². The molecule has 0 aliphatic heterocycles. The fourth-order valence-corrected chi connectivity index (χ4v) is 2.22. The number of nitrogen functional groups attached to an aromatic ring is 1. The van der Waals surface area contributed by atoms with E-state index in [1.54, 1.807) is 30.3 Å². The number of phenols is 1. The van der Waals surface area contributed by atoms with Gasteiger partial charge in [-0.05, 0) is 42.8 Å².